The van der Waals surface area contributed by atoms with E-state index < -0.39 is 5.91 Å². The number of carbonyl (C=O) groups excluding carboxylic acids is 1. The second-order valence-corrected chi connectivity index (χ2v) is 8.09. The van der Waals surface area contributed by atoms with Crippen LogP contribution in [0.5, 0.6) is 5.75 Å². The van der Waals surface area contributed by atoms with Gasteiger partial charge in [-0.25, -0.2) is 4.52 Å². The third-order valence-corrected chi connectivity index (χ3v) is 5.08. The molecular formula is C21H26N4O2. The average Bonchev–Trinajstić information content (AvgIpc) is 2.82. The average molecular weight is 366 g/mol. The summed E-state index contributed by atoms with van der Waals surface area (Å²) in [6.45, 7) is 12.0. The van der Waals surface area contributed by atoms with Crippen molar-refractivity contribution in [2.75, 3.05) is 5.73 Å². The predicted octanol–water partition coefficient (Wildman–Crippen LogP) is 3.61. The quantitative estimate of drug-likeness (QED) is 0.644. The van der Waals surface area contributed by atoms with Gasteiger partial charge in [0.1, 0.15) is 5.75 Å². The number of nitrogens with two attached hydrogens (primary N) is 2. The molecule has 1 amide bonds. The lowest BCUT2D eigenvalue weighted by atomic mass is 9.86. The van der Waals surface area contributed by atoms with Crippen molar-refractivity contribution in [3.8, 4) is 17.0 Å². The molecule has 6 nitrogen and oxygen atoms in total. The Morgan fingerprint density at radius 2 is 1.81 bits per heavy atom. The number of benzene rings is 1. The third-order valence-electron chi connectivity index (χ3n) is 5.08. The summed E-state index contributed by atoms with van der Waals surface area (Å²) in [6, 6.07) is 5.40. The molecule has 3 aromatic rings. The van der Waals surface area contributed by atoms with Crippen molar-refractivity contribution in [3.63, 3.8) is 0 Å². The maximum atomic E-state index is 12.2. The highest BCUT2D eigenvalue weighted by molar-refractivity contribution is 6.09. The third kappa shape index (κ3) is 2.81. The van der Waals surface area contributed by atoms with Crippen LogP contribution in [0.25, 0.3) is 16.8 Å². The van der Waals surface area contributed by atoms with Crippen LogP contribution in [-0.2, 0) is 5.41 Å². The van der Waals surface area contributed by atoms with Crippen LogP contribution >= 0.6 is 0 Å². The number of primary amides is 1. The van der Waals surface area contributed by atoms with Crippen molar-refractivity contribution < 1.29 is 9.90 Å². The minimum absolute atomic E-state index is 0.149. The molecule has 2 heterocycles. The normalized spacial score (nSPS) is 11.9. The minimum Gasteiger partial charge on any atom is -0.508 e. The van der Waals surface area contributed by atoms with Gasteiger partial charge in [-0.2, -0.15) is 5.10 Å². The van der Waals surface area contributed by atoms with Crippen LogP contribution in [0.1, 0.15) is 53.5 Å². The van der Waals surface area contributed by atoms with E-state index in [0.29, 0.717) is 16.8 Å². The van der Waals surface area contributed by atoms with Gasteiger partial charge in [-0.15, -0.1) is 0 Å². The second-order valence-electron chi connectivity index (χ2n) is 8.09. The molecule has 0 spiro atoms. The number of aryl methyl sites for hydroxylation is 2. The largest absolute Gasteiger partial charge is 0.508 e. The lowest BCUT2D eigenvalue weighted by Gasteiger charge is -2.21. The number of rotatable bonds is 2. The molecule has 1 aromatic carbocycles. The Labute approximate surface area is 158 Å². The lowest BCUT2D eigenvalue weighted by Crippen LogP contribution is -2.17. The van der Waals surface area contributed by atoms with Crippen LogP contribution in [0.2, 0.25) is 0 Å². The molecule has 0 aliphatic carbocycles. The van der Waals surface area contributed by atoms with Crippen molar-refractivity contribution in [1.29, 1.82) is 0 Å². The van der Waals surface area contributed by atoms with Crippen LogP contribution in [-0.4, -0.2) is 20.6 Å². The molecule has 3 rings (SSSR count). The maximum absolute atomic E-state index is 12.2. The van der Waals surface area contributed by atoms with Crippen molar-refractivity contribution in [2.45, 2.75) is 47.0 Å². The van der Waals surface area contributed by atoms with Crippen LogP contribution in [0, 0.1) is 20.8 Å². The summed E-state index contributed by atoms with van der Waals surface area (Å²) in [5.41, 5.74) is 17.8. The smallest absolute Gasteiger partial charge is 0.253 e. The van der Waals surface area contributed by atoms with Gasteiger partial charge in [-0.1, -0.05) is 26.8 Å². The molecule has 0 saturated carbocycles. The molecule has 0 bridgehead atoms. The number of fused-ring (bicyclic) bond motifs is 1. The molecule has 0 aliphatic rings. The SMILES string of the molecule is Cc1ccc(O)c(C)c1-c1c(N)c(C(N)=O)c2cc(C(C)(C)C)c(C)nn12. The van der Waals surface area contributed by atoms with Gasteiger partial charge in [0.25, 0.3) is 5.91 Å². The summed E-state index contributed by atoms with van der Waals surface area (Å²) < 4.78 is 1.68. The Kier molecular flexibility index (Phi) is 4.18. The van der Waals surface area contributed by atoms with E-state index in [-0.39, 0.29) is 22.4 Å². The first-order chi connectivity index (χ1) is 12.4. The Morgan fingerprint density at radius 3 is 2.37 bits per heavy atom. The van der Waals surface area contributed by atoms with Gasteiger partial charge in [0.05, 0.1) is 28.2 Å². The number of phenols is 1. The van der Waals surface area contributed by atoms with E-state index in [1.54, 1.807) is 10.6 Å². The van der Waals surface area contributed by atoms with Gasteiger partial charge in [0.15, 0.2) is 0 Å². The van der Waals surface area contributed by atoms with Crippen LogP contribution < -0.4 is 11.5 Å². The maximum Gasteiger partial charge on any atom is 0.253 e. The molecule has 142 valence electrons. The Morgan fingerprint density at radius 1 is 1.19 bits per heavy atom. The van der Waals surface area contributed by atoms with E-state index in [1.165, 1.54) is 0 Å². The number of nitrogens with zero attached hydrogens (tertiary/aromatic N) is 2. The second kappa shape index (κ2) is 6.01. The van der Waals surface area contributed by atoms with E-state index in [4.69, 9.17) is 16.6 Å². The number of aromatic nitrogens is 2. The van der Waals surface area contributed by atoms with Gasteiger partial charge in [0.2, 0.25) is 0 Å². The first-order valence-corrected chi connectivity index (χ1v) is 8.86. The number of anilines is 1. The highest BCUT2D eigenvalue weighted by atomic mass is 16.3. The Bertz CT molecular complexity index is 1090. The monoisotopic (exact) mass is 366 g/mol. The molecule has 0 unspecified atom stereocenters. The highest BCUT2D eigenvalue weighted by Gasteiger charge is 2.27. The first-order valence-electron chi connectivity index (χ1n) is 8.86. The number of hydrogen-bond acceptors (Lipinski definition) is 4. The molecule has 6 heteroatoms. The molecule has 0 atom stereocenters. The van der Waals surface area contributed by atoms with Crippen molar-refractivity contribution in [3.05, 3.63) is 46.1 Å². The molecule has 2 aromatic heterocycles. The fourth-order valence-corrected chi connectivity index (χ4v) is 3.74. The van der Waals surface area contributed by atoms with E-state index in [9.17, 15) is 9.90 Å². The lowest BCUT2D eigenvalue weighted by molar-refractivity contribution is 0.100. The van der Waals surface area contributed by atoms with Gasteiger partial charge >= 0.3 is 0 Å². The highest BCUT2D eigenvalue weighted by Crippen LogP contribution is 2.40. The molecule has 0 saturated heterocycles. The minimum atomic E-state index is -0.600. The van der Waals surface area contributed by atoms with Crippen molar-refractivity contribution >= 4 is 17.1 Å². The zero-order chi connectivity index (χ0) is 20.3. The standard InChI is InChI=1S/C21H26N4O2/c1-10-7-8-15(26)11(2)16(10)19-18(22)17(20(23)27)14-9-13(21(4,5)6)12(3)24-25(14)19/h7-9,26H,22H2,1-6H3,(H2,23,27). The first kappa shape index (κ1) is 18.8. The summed E-state index contributed by atoms with van der Waals surface area (Å²) in [5, 5.41) is 14.9. The zero-order valence-electron chi connectivity index (χ0n) is 16.6. The predicted molar refractivity (Wildman–Crippen MR) is 108 cm³/mol. The van der Waals surface area contributed by atoms with Crippen LogP contribution in [0.4, 0.5) is 5.69 Å². The Hall–Kier alpha value is -3.02. The Balaban J connectivity index is 2.53. The number of phenolic OH excluding ortho intramolecular Hbond substituents is 1. The summed E-state index contributed by atoms with van der Waals surface area (Å²) in [5.74, 6) is -0.439. The molecular weight excluding hydrogens is 340 g/mol. The zero-order valence-corrected chi connectivity index (χ0v) is 16.6. The molecule has 0 radical (unpaired) electrons. The molecule has 0 fully saturated rings. The summed E-state index contributed by atoms with van der Waals surface area (Å²) in [7, 11) is 0. The number of nitrogen functional groups attached to an aromatic ring is 1. The van der Waals surface area contributed by atoms with E-state index >= 15 is 0 Å². The molecule has 0 aliphatic heterocycles. The van der Waals surface area contributed by atoms with E-state index in [0.717, 1.165) is 22.4 Å². The molecule has 5 N–H and O–H groups in total. The number of hydrogen-bond donors (Lipinski definition) is 3. The van der Waals surface area contributed by atoms with Crippen molar-refractivity contribution in [1.82, 2.24) is 9.61 Å². The topological polar surface area (TPSA) is 107 Å². The number of carbonyl (C=O) groups is 1. The van der Waals surface area contributed by atoms with Crippen LogP contribution in [0.15, 0.2) is 18.2 Å². The van der Waals surface area contributed by atoms with E-state index in [2.05, 4.69) is 20.8 Å². The fourth-order valence-electron chi connectivity index (χ4n) is 3.74. The number of amides is 1. The number of aromatic hydroxyl groups is 1. The van der Waals surface area contributed by atoms with Gasteiger partial charge < -0.3 is 16.6 Å². The van der Waals surface area contributed by atoms with Gasteiger partial charge in [0, 0.05) is 11.1 Å². The summed E-state index contributed by atoms with van der Waals surface area (Å²) in [4.78, 5) is 12.2. The van der Waals surface area contributed by atoms with E-state index in [1.807, 2.05) is 32.9 Å². The van der Waals surface area contributed by atoms with Gasteiger partial charge in [-0.3, -0.25) is 4.79 Å². The summed E-state index contributed by atoms with van der Waals surface area (Å²) in [6.07, 6.45) is 0. The molecule has 27 heavy (non-hydrogen) atoms. The van der Waals surface area contributed by atoms with Crippen LogP contribution in [0.3, 0.4) is 0 Å². The van der Waals surface area contributed by atoms with Crippen molar-refractivity contribution in [2.24, 2.45) is 5.73 Å². The summed E-state index contributed by atoms with van der Waals surface area (Å²) >= 11 is 0. The van der Waals surface area contributed by atoms with Gasteiger partial charge in [-0.05, 0) is 49.4 Å². The fraction of sp³-hybridized carbons (Fsp3) is 0.333.